The van der Waals surface area contributed by atoms with Crippen LogP contribution < -0.4 is 0 Å². The molecular formula is C13H15N3. The molecule has 1 aromatic carbocycles. The van der Waals surface area contributed by atoms with Crippen LogP contribution >= 0.6 is 0 Å². The Morgan fingerprint density at radius 3 is 2.88 bits per heavy atom. The summed E-state index contributed by atoms with van der Waals surface area (Å²) < 4.78 is 0. The number of H-pyrrole nitrogens is 1. The van der Waals surface area contributed by atoms with Crippen LogP contribution in [-0.4, -0.2) is 28.5 Å². The molecule has 1 N–H and O–H groups in total. The monoisotopic (exact) mass is 213 g/mol. The van der Waals surface area contributed by atoms with Gasteiger partial charge in [0.1, 0.15) is 5.82 Å². The standard InChI is InChI=1S/C13H15N3/c1-16-8-7-11-12(9-16)15-13(14-11)10-5-3-2-4-6-10/h2-6H,7-9H2,1H3,(H,14,15). The number of nitrogens with zero attached hydrogens (tertiary/aromatic N) is 2. The molecule has 1 aliphatic rings. The molecule has 0 amide bonds. The normalized spacial score (nSPS) is 16.1. The van der Waals surface area contributed by atoms with E-state index < -0.39 is 0 Å². The van der Waals surface area contributed by atoms with Gasteiger partial charge in [-0.1, -0.05) is 30.3 Å². The number of hydrogen-bond acceptors (Lipinski definition) is 2. The van der Waals surface area contributed by atoms with Gasteiger partial charge in [-0.15, -0.1) is 0 Å². The molecule has 0 spiro atoms. The SMILES string of the molecule is CN1CCc2nc(-c3ccccc3)[nH]c2C1. The van der Waals surface area contributed by atoms with Crippen molar-refractivity contribution in [1.29, 1.82) is 0 Å². The summed E-state index contributed by atoms with van der Waals surface area (Å²) in [5.74, 6) is 1.00. The maximum atomic E-state index is 4.67. The predicted molar refractivity (Wildman–Crippen MR) is 64.1 cm³/mol. The first-order valence-corrected chi connectivity index (χ1v) is 5.64. The second kappa shape index (κ2) is 3.76. The van der Waals surface area contributed by atoms with E-state index in [9.17, 15) is 0 Å². The quantitative estimate of drug-likeness (QED) is 0.786. The fourth-order valence-corrected chi connectivity index (χ4v) is 2.16. The summed E-state index contributed by atoms with van der Waals surface area (Å²) in [7, 11) is 2.14. The molecule has 3 nitrogen and oxygen atoms in total. The number of benzene rings is 1. The van der Waals surface area contributed by atoms with Gasteiger partial charge in [0.25, 0.3) is 0 Å². The number of imidazole rings is 1. The van der Waals surface area contributed by atoms with E-state index in [0.717, 1.165) is 25.3 Å². The van der Waals surface area contributed by atoms with Gasteiger partial charge in [-0.25, -0.2) is 4.98 Å². The molecule has 2 heterocycles. The fraction of sp³-hybridized carbons (Fsp3) is 0.308. The zero-order chi connectivity index (χ0) is 11.0. The molecule has 0 unspecified atom stereocenters. The Labute approximate surface area is 95.1 Å². The third kappa shape index (κ3) is 1.63. The van der Waals surface area contributed by atoms with Crippen LogP contribution in [0.15, 0.2) is 30.3 Å². The second-order valence-corrected chi connectivity index (χ2v) is 4.36. The highest BCUT2D eigenvalue weighted by atomic mass is 15.1. The van der Waals surface area contributed by atoms with E-state index in [1.807, 2.05) is 18.2 Å². The largest absolute Gasteiger partial charge is 0.341 e. The van der Waals surface area contributed by atoms with Crippen molar-refractivity contribution in [3.05, 3.63) is 41.7 Å². The van der Waals surface area contributed by atoms with Gasteiger partial charge in [-0.05, 0) is 7.05 Å². The molecule has 0 radical (unpaired) electrons. The Hall–Kier alpha value is -1.61. The minimum Gasteiger partial charge on any atom is -0.341 e. The van der Waals surface area contributed by atoms with Gasteiger partial charge in [-0.3, -0.25) is 0 Å². The average molecular weight is 213 g/mol. The molecule has 0 saturated heterocycles. The van der Waals surface area contributed by atoms with Crippen molar-refractivity contribution < 1.29 is 0 Å². The Balaban J connectivity index is 1.99. The van der Waals surface area contributed by atoms with Gasteiger partial charge in [0.15, 0.2) is 0 Å². The second-order valence-electron chi connectivity index (χ2n) is 4.36. The van der Waals surface area contributed by atoms with Crippen molar-refractivity contribution in [3.63, 3.8) is 0 Å². The lowest BCUT2D eigenvalue weighted by Gasteiger charge is -2.20. The van der Waals surface area contributed by atoms with E-state index in [0.29, 0.717) is 0 Å². The molecule has 1 aromatic heterocycles. The fourth-order valence-electron chi connectivity index (χ4n) is 2.16. The summed E-state index contributed by atoms with van der Waals surface area (Å²) in [6.45, 7) is 2.08. The van der Waals surface area contributed by atoms with Crippen molar-refractivity contribution in [2.45, 2.75) is 13.0 Å². The lowest BCUT2D eigenvalue weighted by atomic mass is 10.2. The minimum absolute atomic E-state index is 0.981. The molecule has 0 fully saturated rings. The zero-order valence-corrected chi connectivity index (χ0v) is 9.40. The Bertz CT molecular complexity index is 487. The molecule has 16 heavy (non-hydrogen) atoms. The van der Waals surface area contributed by atoms with Gasteiger partial charge in [0.2, 0.25) is 0 Å². The van der Waals surface area contributed by atoms with E-state index in [2.05, 4.69) is 34.0 Å². The molecule has 0 aliphatic carbocycles. The summed E-state index contributed by atoms with van der Waals surface area (Å²) in [5, 5.41) is 0. The molecule has 0 bridgehead atoms. The highest BCUT2D eigenvalue weighted by Crippen LogP contribution is 2.21. The van der Waals surface area contributed by atoms with Crippen LogP contribution in [0.3, 0.4) is 0 Å². The molecule has 0 saturated carbocycles. The van der Waals surface area contributed by atoms with E-state index >= 15 is 0 Å². The van der Waals surface area contributed by atoms with E-state index in [4.69, 9.17) is 0 Å². The van der Waals surface area contributed by atoms with Crippen LogP contribution in [0.25, 0.3) is 11.4 Å². The predicted octanol–water partition coefficient (Wildman–Crippen LogP) is 2.06. The number of fused-ring (bicyclic) bond motifs is 1. The highest BCUT2D eigenvalue weighted by molar-refractivity contribution is 5.55. The maximum absolute atomic E-state index is 4.67. The lowest BCUT2D eigenvalue weighted by Crippen LogP contribution is -2.26. The number of aromatic nitrogens is 2. The summed E-state index contributed by atoms with van der Waals surface area (Å²) in [6, 6.07) is 10.3. The van der Waals surface area contributed by atoms with Crippen molar-refractivity contribution in [2.75, 3.05) is 13.6 Å². The van der Waals surface area contributed by atoms with Crippen LogP contribution in [0.5, 0.6) is 0 Å². The number of likely N-dealkylation sites (N-methyl/N-ethyl adjacent to an activating group) is 1. The number of aromatic amines is 1. The van der Waals surface area contributed by atoms with Crippen LogP contribution in [0.1, 0.15) is 11.4 Å². The summed E-state index contributed by atoms with van der Waals surface area (Å²) in [6.07, 6.45) is 1.05. The van der Waals surface area contributed by atoms with Crippen LogP contribution in [0.2, 0.25) is 0 Å². The summed E-state index contributed by atoms with van der Waals surface area (Å²) >= 11 is 0. The van der Waals surface area contributed by atoms with E-state index in [1.54, 1.807) is 0 Å². The van der Waals surface area contributed by atoms with Gasteiger partial charge in [0, 0.05) is 25.1 Å². The maximum Gasteiger partial charge on any atom is 0.137 e. The zero-order valence-electron chi connectivity index (χ0n) is 9.40. The first-order valence-electron chi connectivity index (χ1n) is 5.64. The molecule has 1 aliphatic heterocycles. The molecule has 3 heteroatoms. The number of hydrogen-bond donors (Lipinski definition) is 1. The Morgan fingerprint density at radius 2 is 2.06 bits per heavy atom. The third-order valence-corrected chi connectivity index (χ3v) is 3.07. The third-order valence-electron chi connectivity index (χ3n) is 3.07. The van der Waals surface area contributed by atoms with Crippen molar-refractivity contribution in [1.82, 2.24) is 14.9 Å². The van der Waals surface area contributed by atoms with Gasteiger partial charge in [0.05, 0.1) is 11.4 Å². The number of nitrogens with one attached hydrogen (secondary N) is 1. The van der Waals surface area contributed by atoms with E-state index in [-0.39, 0.29) is 0 Å². The summed E-state index contributed by atoms with van der Waals surface area (Å²) in [5.41, 5.74) is 3.67. The van der Waals surface area contributed by atoms with Gasteiger partial charge >= 0.3 is 0 Å². The van der Waals surface area contributed by atoms with Crippen LogP contribution in [0, 0.1) is 0 Å². The first-order chi connectivity index (χ1) is 7.83. The molecule has 82 valence electrons. The Morgan fingerprint density at radius 1 is 1.25 bits per heavy atom. The number of rotatable bonds is 1. The highest BCUT2D eigenvalue weighted by Gasteiger charge is 2.17. The van der Waals surface area contributed by atoms with E-state index in [1.165, 1.54) is 17.0 Å². The van der Waals surface area contributed by atoms with Gasteiger partial charge < -0.3 is 9.88 Å². The van der Waals surface area contributed by atoms with Crippen LogP contribution in [0.4, 0.5) is 0 Å². The molecule has 3 rings (SSSR count). The molecule has 0 atom stereocenters. The van der Waals surface area contributed by atoms with Gasteiger partial charge in [-0.2, -0.15) is 0 Å². The first kappa shape index (κ1) is 9.60. The summed E-state index contributed by atoms with van der Waals surface area (Å²) in [4.78, 5) is 10.4. The van der Waals surface area contributed by atoms with Crippen LogP contribution in [-0.2, 0) is 13.0 Å². The lowest BCUT2D eigenvalue weighted by molar-refractivity contribution is 0.307. The average Bonchev–Trinajstić information content (AvgIpc) is 2.73. The van der Waals surface area contributed by atoms with Crippen molar-refractivity contribution in [2.24, 2.45) is 0 Å². The smallest absolute Gasteiger partial charge is 0.137 e. The van der Waals surface area contributed by atoms with Crippen molar-refractivity contribution in [3.8, 4) is 11.4 Å². The topological polar surface area (TPSA) is 31.9 Å². The minimum atomic E-state index is 0.981. The Kier molecular flexibility index (Phi) is 2.26. The molecular weight excluding hydrogens is 198 g/mol. The van der Waals surface area contributed by atoms with Crippen molar-refractivity contribution >= 4 is 0 Å². The molecule has 2 aromatic rings.